The number of hydrogen-bond donors (Lipinski definition) is 0. The van der Waals surface area contributed by atoms with E-state index in [0.717, 1.165) is 5.56 Å². The molecule has 1 rings (SSSR count). The van der Waals surface area contributed by atoms with Crippen LogP contribution in [0.25, 0.3) is 0 Å². The molecule has 2 heteroatoms. The second-order valence-electron chi connectivity index (χ2n) is 2.89. The van der Waals surface area contributed by atoms with Crippen LogP contribution in [0.1, 0.15) is 32.3 Å². The van der Waals surface area contributed by atoms with Crippen molar-refractivity contribution >= 4 is 6.08 Å². The van der Waals surface area contributed by atoms with E-state index in [-0.39, 0.29) is 0 Å². The molecule has 0 unspecified atom stereocenters. The van der Waals surface area contributed by atoms with Crippen molar-refractivity contribution in [2.75, 3.05) is 0 Å². The van der Waals surface area contributed by atoms with Crippen molar-refractivity contribution in [1.82, 2.24) is 0 Å². The first-order chi connectivity index (χ1) is 6.85. The molecule has 0 fully saturated rings. The smallest absolute Gasteiger partial charge is 0.211 e. The predicted octanol–water partition coefficient (Wildman–Crippen LogP) is 3.33. The first kappa shape index (κ1) is 12.6. The Labute approximate surface area is 85.7 Å². The summed E-state index contributed by atoms with van der Waals surface area (Å²) in [7, 11) is 0. The van der Waals surface area contributed by atoms with Crippen LogP contribution in [0.15, 0.2) is 35.3 Å². The fraction of sp³-hybridized carbons (Fsp3) is 0.417. The minimum atomic E-state index is 0.435. The quantitative estimate of drug-likeness (QED) is 0.532. The van der Waals surface area contributed by atoms with Crippen molar-refractivity contribution in [3.63, 3.8) is 0 Å². The van der Waals surface area contributed by atoms with Crippen LogP contribution in [0.3, 0.4) is 0 Å². The number of unbranched alkanes of at least 4 members (excludes halogenated alkanes) is 1. The molecular formula is C12H17NO. The predicted molar refractivity (Wildman–Crippen MR) is 58.8 cm³/mol. The maximum Gasteiger partial charge on any atom is 0.235 e. The normalized spacial score (nSPS) is 8.14. The summed E-state index contributed by atoms with van der Waals surface area (Å²) >= 11 is 0. The number of nitrogens with zero attached hydrogens (tertiary/aromatic N) is 1. The Bertz CT molecular complexity index is 261. The monoisotopic (exact) mass is 191 g/mol. The van der Waals surface area contributed by atoms with Crippen molar-refractivity contribution < 1.29 is 4.79 Å². The summed E-state index contributed by atoms with van der Waals surface area (Å²) in [5, 5.41) is 0. The average Bonchev–Trinajstić information content (AvgIpc) is 2.28. The molecule has 1 aromatic rings. The van der Waals surface area contributed by atoms with Crippen molar-refractivity contribution in [2.24, 2.45) is 4.99 Å². The van der Waals surface area contributed by atoms with Gasteiger partial charge in [0.25, 0.3) is 0 Å². The number of isocyanates is 1. The zero-order chi connectivity index (χ0) is 10.6. The summed E-state index contributed by atoms with van der Waals surface area (Å²) in [5.74, 6) is 0. The first-order valence-corrected chi connectivity index (χ1v) is 4.92. The molecule has 0 saturated heterocycles. The standard InChI is InChI=1S/C8H7NO.C4H10/c10-7-9-6-8-4-2-1-3-5-8;1-3-4-2/h1-5H,6H2;3-4H2,1-2H3. The van der Waals surface area contributed by atoms with Gasteiger partial charge in [-0.05, 0) is 5.56 Å². The second-order valence-corrected chi connectivity index (χ2v) is 2.89. The molecule has 0 spiro atoms. The van der Waals surface area contributed by atoms with E-state index in [2.05, 4.69) is 18.8 Å². The maximum atomic E-state index is 9.69. The van der Waals surface area contributed by atoms with E-state index in [1.165, 1.54) is 18.9 Å². The fourth-order valence-electron chi connectivity index (χ4n) is 0.707. The van der Waals surface area contributed by atoms with Gasteiger partial charge in [-0.2, -0.15) is 0 Å². The third-order valence-electron chi connectivity index (χ3n) is 1.67. The molecule has 14 heavy (non-hydrogen) atoms. The highest BCUT2D eigenvalue weighted by Gasteiger charge is 1.84. The van der Waals surface area contributed by atoms with Gasteiger partial charge < -0.3 is 0 Å². The van der Waals surface area contributed by atoms with Crippen LogP contribution < -0.4 is 0 Å². The lowest BCUT2D eigenvalue weighted by Crippen LogP contribution is -1.77. The van der Waals surface area contributed by atoms with Gasteiger partial charge in [0.2, 0.25) is 6.08 Å². The van der Waals surface area contributed by atoms with Gasteiger partial charge in [-0.15, -0.1) is 0 Å². The van der Waals surface area contributed by atoms with E-state index in [1.807, 2.05) is 30.3 Å². The molecule has 0 amide bonds. The van der Waals surface area contributed by atoms with Gasteiger partial charge >= 0.3 is 0 Å². The van der Waals surface area contributed by atoms with Gasteiger partial charge in [-0.1, -0.05) is 57.0 Å². The summed E-state index contributed by atoms with van der Waals surface area (Å²) < 4.78 is 0. The van der Waals surface area contributed by atoms with E-state index < -0.39 is 0 Å². The topological polar surface area (TPSA) is 29.4 Å². The van der Waals surface area contributed by atoms with Crippen molar-refractivity contribution in [3.8, 4) is 0 Å². The Kier molecular flexibility index (Phi) is 8.72. The lowest BCUT2D eigenvalue weighted by atomic mass is 10.2. The van der Waals surface area contributed by atoms with Gasteiger partial charge in [0.1, 0.15) is 0 Å². The Morgan fingerprint density at radius 2 is 1.71 bits per heavy atom. The Morgan fingerprint density at radius 3 is 2.14 bits per heavy atom. The lowest BCUT2D eigenvalue weighted by Gasteiger charge is -1.89. The zero-order valence-electron chi connectivity index (χ0n) is 8.86. The molecule has 0 bridgehead atoms. The van der Waals surface area contributed by atoms with E-state index in [4.69, 9.17) is 0 Å². The molecule has 0 N–H and O–H groups in total. The summed E-state index contributed by atoms with van der Waals surface area (Å²) in [6, 6.07) is 9.58. The fourth-order valence-corrected chi connectivity index (χ4v) is 0.707. The summed E-state index contributed by atoms with van der Waals surface area (Å²) in [6.07, 6.45) is 4.13. The molecule has 76 valence electrons. The minimum Gasteiger partial charge on any atom is -0.211 e. The third kappa shape index (κ3) is 7.26. The molecule has 0 aliphatic rings. The van der Waals surface area contributed by atoms with Gasteiger partial charge in [0.15, 0.2) is 0 Å². The molecule has 0 aliphatic carbocycles. The van der Waals surface area contributed by atoms with E-state index in [9.17, 15) is 4.79 Å². The summed E-state index contributed by atoms with van der Waals surface area (Å²) in [6.45, 7) is 4.80. The number of rotatable bonds is 3. The molecule has 0 radical (unpaired) electrons. The minimum absolute atomic E-state index is 0.435. The Morgan fingerprint density at radius 1 is 1.14 bits per heavy atom. The van der Waals surface area contributed by atoms with Crippen LogP contribution in [0.4, 0.5) is 0 Å². The summed E-state index contributed by atoms with van der Waals surface area (Å²) in [5.41, 5.74) is 1.03. The van der Waals surface area contributed by atoms with Gasteiger partial charge in [0, 0.05) is 0 Å². The molecule has 0 aromatic heterocycles. The molecule has 1 aromatic carbocycles. The van der Waals surface area contributed by atoms with Crippen LogP contribution in [-0.4, -0.2) is 6.08 Å². The number of carbonyl (C=O) groups excluding carboxylic acids is 1. The van der Waals surface area contributed by atoms with Gasteiger partial charge in [-0.25, -0.2) is 9.79 Å². The second kappa shape index (κ2) is 9.69. The zero-order valence-corrected chi connectivity index (χ0v) is 8.86. The molecular weight excluding hydrogens is 174 g/mol. The van der Waals surface area contributed by atoms with E-state index >= 15 is 0 Å². The van der Waals surface area contributed by atoms with Crippen molar-refractivity contribution in [2.45, 2.75) is 33.2 Å². The Hall–Kier alpha value is -1.40. The van der Waals surface area contributed by atoms with Gasteiger partial charge in [0.05, 0.1) is 6.54 Å². The van der Waals surface area contributed by atoms with Gasteiger partial charge in [-0.3, -0.25) is 0 Å². The lowest BCUT2D eigenvalue weighted by molar-refractivity contribution is 0.563. The first-order valence-electron chi connectivity index (χ1n) is 4.92. The largest absolute Gasteiger partial charge is 0.235 e. The molecule has 0 aliphatic heterocycles. The average molecular weight is 191 g/mol. The van der Waals surface area contributed by atoms with Crippen LogP contribution in [0, 0.1) is 0 Å². The van der Waals surface area contributed by atoms with Crippen LogP contribution in [0.5, 0.6) is 0 Å². The molecule has 2 nitrogen and oxygen atoms in total. The third-order valence-corrected chi connectivity index (χ3v) is 1.67. The number of benzene rings is 1. The number of aliphatic imine (C=N–C) groups is 1. The summed E-state index contributed by atoms with van der Waals surface area (Å²) in [4.78, 5) is 13.1. The Balaban J connectivity index is 0.000000364. The van der Waals surface area contributed by atoms with Crippen molar-refractivity contribution in [3.05, 3.63) is 35.9 Å². The number of hydrogen-bond acceptors (Lipinski definition) is 2. The maximum absolute atomic E-state index is 9.69. The van der Waals surface area contributed by atoms with Crippen molar-refractivity contribution in [1.29, 1.82) is 0 Å². The van der Waals surface area contributed by atoms with Crippen LogP contribution in [-0.2, 0) is 11.3 Å². The van der Waals surface area contributed by atoms with Crippen LogP contribution in [0.2, 0.25) is 0 Å². The highest BCUT2D eigenvalue weighted by molar-refractivity contribution is 5.33. The van der Waals surface area contributed by atoms with E-state index in [0.29, 0.717) is 6.54 Å². The molecule has 0 saturated carbocycles. The van der Waals surface area contributed by atoms with E-state index in [1.54, 1.807) is 0 Å². The molecule has 0 atom stereocenters. The SMILES string of the molecule is CCCC.O=C=NCc1ccccc1. The molecule has 0 heterocycles. The highest BCUT2D eigenvalue weighted by atomic mass is 16.1. The highest BCUT2D eigenvalue weighted by Crippen LogP contribution is 1.98. The van der Waals surface area contributed by atoms with Crippen LogP contribution >= 0.6 is 0 Å².